The number of hydrogen-bond acceptors (Lipinski definition) is 11. The van der Waals surface area contributed by atoms with E-state index in [2.05, 4.69) is 11.7 Å². The highest BCUT2D eigenvalue weighted by atomic mass is 16.7. The summed E-state index contributed by atoms with van der Waals surface area (Å²) < 4.78 is 21.6. The zero-order valence-corrected chi connectivity index (χ0v) is 25.1. The third-order valence-corrected chi connectivity index (χ3v) is 8.39. The normalized spacial score (nSPS) is 27.8. The summed E-state index contributed by atoms with van der Waals surface area (Å²) in [6.07, 6.45) is 2.83. The van der Waals surface area contributed by atoms with Crippen LogP contribution in [0.4, 0.5) is 0 Å². The molecule has 2 fully saturated rings. The highest BCUT2D eigenvalue weighted by Crippen LogP contribution is 2.45. The number of ether oxygens (including phenoxy) is 4. The molecule has 42 heavy (non-hydrogen) atoms. The number of rotatable bonds is 15. The maximum absolute atomic E-state index is 13.2. The molecule has 0 spiro atoms. The van der Waals surface area contributed by atoms with Crippen LogP contribution in [0.15, 0.2) is 29.5 Å². The Labute approximate surface area is 248 Å². The van der Waals surface area contributed by atoms with Gasteiger partial charge in [0.15, 0.2) is 5.78 Å². The molecule has 0 radical (unpaired) electrons. The van der Waals surface area contributed by atoms with Gasteiger partial charge >= 0.3 is 11.9 Å². The van der Waals surface area contributed by atoms with E-state index in [0.29, 0.717) is 63.2 Å². The van der Waals surface area contributed by atoms with Gasteiger partial charge in [0, 0.05) is 17.8 Å². The average Bonchev–Trinajstić information content (AvgIpc) is 2.97. The van der Waals surface area contributed by atoms with E-state index in [1.54, 1.807) is 6.08 Å². The lowest BCUT2D eigenvalue weighted by Gasteiger charge is -2.43. The predicted molar refractivity (Wildman–Crippen MR) is 153 cm³/mol. The van der Waals surface area contributed by atoms with Gasteiger partial charge in [-0.3, -0.25) is 14.4 Å². The average molecular weight is 594 g/mol. The summed E-state index contributed by atoms with van der Waals surface area (Å²) in [4.78, 5) is 43.5. The number of aliphatic hydroxyl groups excluding tert-OH is 2. The number of carbonyl (C=O) groups excluding carboxylic acids is 3. The molecular weight excluding hydrogens is 546 g/mol. The Bertz CT molecular complexity index is 988. The maximum Gasteiger partial charge on any atom is 0.308 e. The van der Waals surface area contributed by atoms with Gasteiger partial charge in [-0.15, -0.1) is 0 Å². The number of carbonyl (C=O) groups is 3. The highest BCUT2D eigenvalue weighted by molar-refractivity contribution is 6.08. The largest absolute Gasteiger partial charge is 0.461 e. The molecule has 3 rings (SSSR count). The van der Waals surface area contributed by atoms with Crippen molar-refractivity contribution in [2.75, 3.05) is 33.2 Å². The number of ketones is 1. The van der Waals surface area contributed by atoms with Crippen LogP contribution in [-0.4, -0.2) is 85.2 Å². The Morgan fingerprint density at radius 2 is 1.98 bits per heavy atom. The third-order valence-electron chi connectivity index (χ3n) is 8.39. The predicted octanol–water partition coefficient (Wildman–Crippen LogP) is 3.12. The molecule has 0 amide bonds. The quantitative estimate of drug-likeness (QED) is 0.165. The number of esters is 2. The summed E-state index contributed by atoms with van der Waals surface area (Å²) >= 11 is 0. The van der Waals surface area contributed by atoms with Crippen molar-refractivity contribution in [1.29, 1.82) is 0 Å². The minimum atomic E-state index is -1.06. The van der Waals surface area contributed by atoms with Crippen molar-refractivity contribution in [3.8, 4) is 0 Å². The van der Waals surface area contributed by atoms with Crippen LogP contribution in [0.3, 0.4) is 0 Å². The van der Waals surface area contributed by atoms with Gasteiger partial charge in [0.05, 0.1) is 43.5 Å². The topological polar surface area (TPSA) is 150 Å². The maximum atomic E-state index is 13.2. The SMILES string of the molecule is C=CCOC(=O)CC(O)CC(O)CCC1C(C)C(=O)C=C2/C(=N/OCC3COCOC3)CCC(OC(=O)C(C)CC)C21. The number of fused-ring (bicyclic) bond motifs is 1. The van der Waals surface area contributed by atoms with Crippen molar-refractivity contribution in [2.45, 2.75) is 84.0 Å². The fraction of sp³-hybridized carbons (Fsp3) is 0.742. The summed E-state index contributed by atoms with van der Waals surface area (Å²) in [6, 6.07) is 0. The van der Waals surface area contributed by atoms with Crippen LogP contribution >= 0.6 is 0 Å². The molecule has 0 aromatic heterocycles. The molecule has 11 nitrogen and oxygen atoms in total. The van der Waals surface area contributed by atoms with Crippen molar-refractivity contribution >= 4 is 23.4 Å². The minimum Gasteiger partial charge on any atom is -0.461 e. The number of oxime groups is 1. The first-order valence-corrected chi connectivity index (χ1v) is 15.1. The van der Waals surface area contributed by atoms with Crippen molar-refractivity contribution in [3.63, 3.8) is 0 Å². The van der Waals surface area contributed by atoms with Gasteiger partial charge in [-0.25, -0.2) is 0 Å². The molecule has 2 aliphatic carbocycles. The molecule has 1 heterocycles. The molecule has 11 heteroatoms. The fourth-order valence-corrected chi connectivity index (χ4v) is 5.74. The number of aliphatic hydroxyl groups is 2. The second-order valence-electron chi connectivity index (χ2n) is 11.7. The molecule has 0 aromatic carbocycles. The van der Waals surface area contributed by atoms with E-state index in [9.17, 15) is 24.6 Å². The van der Waals surface area contributed by atoms with Crippen LogP contribution in [-0.2, 0) is 38.2 Å². The highest BCUT2D eigenvalue weighted by Gasteiger charge is 2.46. The Morgan fingerprint density at radius 3 is 2.67 bits per heavy atom. The van der Waals surface area contributed by atoms with Gasteiger partial charge in [0.25, 0.3) is 0 Å². The van der Waals surface area contributed by atoms with Gasteiger partial charge in [-0.2, -0.15) is 0 Å². The first kappa shape index (κ1) is 33.9. The smallest absolute Gasteiger partial charge is 0.308 e. The Kier molecular flexibility index (Phi) is 13.6. The zero-order chi connectivity index (χ0) is 30.6. The van der Waals surface area contributed by atoms with Crippen molar-refractivity contribution in [1.82, 2.24) is 0 Å². The lowest BCUT2D eigenvalue weighted by atomic mass is 9.63. The van der Waals surface area contributed by atoms with Crippen molar-refractivity contribution in [3.05, 3.63) is 24.3 Å². The van der Waals surface area contributed by atoms with Gasteiger partial charge < -0.3 is 34.0 Å². The lowest BCUT2D eigenvalue weighted by molar-refractivity contribution is -0.158. The van der Waals surface area contributed by atoms with E-state index in [-0.39, 0.29) is 67.6 Å². The fourth-order valence-electron chi connectivity index (χ4n) is 5.74. The first-order valence-electron chi connectivity index (χ1n) is 15.1. The van der Waals surface area contributed by atoms with Crippen LogP contribution in [0.2, 0.25) is 0 Å². The minimum absolute atomic E-state index is 0.00677. The van der Waals surface area contributed by atoms with Crippen LogP contribution in [0.5, 0.6) is 0 Å². The molecule has 2 N–H and O–H groups in total. The van der Waals surface area contributed by atoms with E-state index >= 15 is 0 Å². The molecule has 1 aliphatic heterocycles. The molecule has 3 aliphatic rings. The Balaban J connectivity index is 1.73. The van der Waals surface area contributed by atoms with Gasteiger partial charge in [0.1, 0.15) is 26.1 Å². The first-order chi connectivity index (χ1) is 20.1. The monoisotopic (exact) mass is 593 g/mol. The van der Waals surface area contributed by atoms with E-state index in [1.807, 2.05) is 20.8 Å². The van der Waals surface area contributed by atoms with Crippen LogP contribution < -0.4 is 0 Å². The van der Waals surface area contributed by atoms with E-state index in [1.165, 1.54) is 6.08 Å². The molecular formula is C31H47NO10. The van der Waals surface area contributed by atoms with E-state index in [0.717, 1.165) is 0 Å². The van der Waals surface area contributed by atoms with Gasteiger partial charge in [-0.05, 0) is 56.1 Å². The number of allylic oxidation sites excluding steroid dienone is 1. The third kappa shape index (κ3) is 9.72. The Morgan fingerprint density at radius 1 is 1.24 bits per heavy atom. The van der Waals surface area contributed by atoms with Crippen LogP contribution in [0, 0.1) is 29.6 Å². The lowest BCUT2D eigenvalue weighted by Crippen LogP contribution is -2.46. The summed E-state index contributed by atoms with van der Waals surface area (Å²) in [5, 5.41) is 25.4. The molecule has 0 bridgehead atoms. The molecule has 1 saturated heterocycles. The Hall–Kier alpha value is -2.60. The second-order valence-corrected chi connectivity index (χ2v) is 11.7. The van der Waals surface area contributed by atoms with E-state index < -0.39 is 24.3 Å². The zero-order valence-electron chi connectivity index (χ0n) is 25.1. The van der Waals surface area contributed by atoms with Crippen molar-refractivity contribution < 1.29 is 48.4 Å². The standard InChI is InChI=1S/C31H47NO10/c1-5-11-40-29(36)13-23(34)12-22(33)7-8-24-20(4)27(35)14-25-26(32-41-17-21-15-38-18-39-16-21)9-10-28(30(24)25)42-31(37)19(3)6-2/h5,14,19-24,28,30,33-34H,1,6-13,15-18H2,2-4H3/b32-26+. The molecule has 7 atom stereocenters. The van der Waals surface area contributed by atoms with Crippen LogP contribution in [0.25, 0.3) is 0 Å². The summed E-state index contributed by atoms with van der Waals surface area (Å²) in [5.74, 6) is -1.99. The molecule has 1 saturated carbocycles. The summed E-state index contributed by atoms with van der Waals surface area (Å²) in [6.45, 7) is 10.8. The molecule has 0 aromatic rings. The van der Waals surface area contributed by atoms with Gasteiger partial charge in [0.2, 0.25) is 0 Å². The van der Waals surface area contributed by atoms with Crippen LogP contribution in [0.1, 0.15) is 65.7 Å². The molecule has 7 unspecified atom stereocenters. The van der Waals surface area contributed by atoms with E-state index in [4.69, 9.17) is 23.8 Å². The van der Waals surface area contributed by atoms with Gasteiger partial charge in [-0.1, -0.05) is 38.6 Å². The summed E-state index contributed by atoms with van der Waals surface area (Å²) in [5.41, 5.74) is 1.37. The summed E-state index contributed by atoms with van der Waals surface area (Å²) in [7, 11) is 0. The second kappa shape index (κ2) is 16.9. The van der Waals surface area contributed by atoms with Crippen molar-refractivity contribution in [2.24, 2.45) is 34.7 Å². The molecule has 236 valence electrons. The number of hydrogen-bond donors (Lipinski definition) is 2. The number of nitrogens with zero attached hydrogens (tertiary/aromatic N) is 1.